The molecule has 0 saturated carbocycles. The van der Waals surface area contributed by atoms with Gasteiger partial charge in [-0.05, 0) is 84.5 Å². The number of anilines is 1. The summed E-state index contributed by atoms with van der Waals surface area (Å²) in [6.07, 6.45) is 0.0836. The topological polar surface area (TPSA) is 59.6 Å². The number of amides is 1. The van der Waals surface area contributed by atoms with Crippen LogP contribution in [0.4, 0.5) is 5.69 Å². The third-order valence-corrected chi connectivity index (χ3v) is 3.95. The molecule has 0 fully saturated rings. The minimum absolute atomic E-state index is 0.0836. The van der Waals surface area contributed by atoms with Gasteiger partial charge >= 0.3 is 0 Å². The lowest BCUT2D eigenvalue weighted by molar-refractivity contribution is 0.0977. The molecule has 1 amide bonds. The van der Waals surface area contributed by atoms with Crippen LogP contribution in [0, 0.1) is 0 Å². The minimum Gasteiger partial charge on any atom is -0.496 e. The molecule has 25 heavy (non-hydrogen) atoms. The van der Waals surface area contributed by atoms with E-state index in [0.717, 1.165) is 15.9 Å². The average molecular weight is 423 g/mol. The molecule has 0 aromatic heterocycles. The van der Waals surface area contributed by atoms with Crippen LogP contribution in [0.1, 0.15) is 24.2 Å². The Morgan fingerprint density at radius 2 is 1.84 bits per heavy atom. The molecule has 0 aliphatic carbocycles. The van der Waals surface area contributed by atoms with Crippen LogP contribution in [0.3, 0.4) is 0 Å². The second-order valence-electron chi connectivity index (χ2n) is 5.45. The van der Waals surface area contributed by atoms with E-state index in [-0.39, 0.29) is 17.1 Å². The quantitative estimate of drug-likeness (QED) is 0.700. The fourth-order valence-corrected chi connectivity index (χ4v) is 2.79. The molecule has 0 saturated heterocycles. The van der Waals surface area contributed by atoms with E-state index in [9.17, 15) is 4.79 Å². The normalized spacial score (nSPS) is 10.3. The van der Waals surface area contributed by atoms with Crippen LogP contribution < -0.4 is 20.1 Å². The monoisotopic (exact) mass is 422 g/mol. The molecule has 0 atom stereocenters. The maximum Gasteiger partial charge on any atom is 0.257 e. The molecule has 2 rings (SSSR count). The van der Waals surface area contributed by atoms with Crippen LogP contribution in [-0.4, -0.2) is 24.2 Å². The van der Waals surface area contributed by atoms with Crippen molar-refractivity contribution in [3.63, 3.8) is 0 Å². The molecule has 0 unspecified atom stereocenters. The van der Waals surface area contributed by atoms with E-state index in [1.54, 1.807) is 43.5 Å². The van der Waals surface area contributed by atoms with Gasteiger partial charge in [0.25, 0.3) is 5.91 Å². The van der Waals surface area contributed by atoms with Crippen molar-refractivity contribution in [2.75, 3.05) is 12.4 Å². The molecular formula is C18H19BrN2O3S. The van der Waals surface area contributed by atoms with Gasteiger partial charge in [0, 0.05) is 11.3 Å². The van der Waals surface area contributed by atoms with E-state index >= 15 is 0 Å². The fourth-order valence-electron chi connectivity index (χ4n) is 2.04. The van der Waals surface area contributed by atoms with Crippen molar-refractivity contribution in [3.8, 4) is 11.5 Å². The largest absolute Gasteiger partial charge is 0.496 e. The summed E-state index contributed by atoms with van der Waals surface area (Å²) in [4.78, 5) is 12.2. The number of hydrogen-bond acceptors (Lipinski definition) is 4. The molecule has 0 spiro atoms. The molecule has 2 N–H and O–H groups in total. The Kier molecular flexibility index (Phi) is 6.78. The molecule has 0 radical (unpaired) electrons. The van der Waals surface area contributed by atoms with E-state index < -0.39 is 0 Å². The Hall–Kier alpha value is -2.12. The highest BCUT2D eigenvalue weighted by Gasteiger charge is 2.09. The van der Waals surface area contributed by atoms with Crippen molar-refractivity contribution in [3.05, 3.63) is 52.5 Å². The zero-order valence-electron chi connectivity index (χ0n) is 14.1. The first kappa shape index (κ1) is 19.2. The summed E-state index contributed by atoms with van der Waals surface area (Å²) in [6, 6.07) is 12.3. The SMILES string of the molecule is COc1ccc(NC(=S)NC(=O)c2ccc(OC(C)C)cc2)cc1Br. The van der Waals surface area contributed by atoms with Crippen molar-refractivity contribution >= 4 is 44.9 Å². The number of carbonyl (C=O) groups excluding carboxylic acids is 1. The Labute approximate surface area is 160 Å². The third-order valence-electron chi connectivity index (χ3n) is 3.13. The Morgan fingerprint density at radius 3 is 2.40 bits per heavy atom. The fraction of sp³-hybridized carbons (Fsp3) is 0.222. The molecule has 0 bridgehead atoms. The number of benzene rings is 2. The van der Waals surface area contributed by atoms with Crippen LogP contribution in [0.15, 0.2) is 46.9 Å². The number of ether oxygens (including phenoxy) is 2. The Bertz CT molecular complexity index is 763. The minimum atomic E-state index is -0.291. The summed E-state index contributed by atoms with van der Waals surface area (Å²) >= 11 is 8.59. The molecule has 132 valence electrons. The number of nitrogens with one attached hydrogen (secondary N) is 2. The van der Waals surface area contributed by atoms with Gasteiger partial charge in [0.05, 0.1) is 17.7 Å². The summed E-state index contributed by atoms with van der Waals surface area (Å²) < 4.78 is 11.5. The van der Waals surface area contributed by atoms with Gasteiger partial charge in [0.1, 0.15) is 11.5 Å². The first-order valence-corrected chi connectivity index (χ1v) is 8.81. The van der Waals surface area contributed by atoms with E-state index in [0.29, 0.717) is 11.3 Å². The maximum atomic E-state index is 12.2. The highest BCUT2D eigenvalue weighted by Crippen LogP contribution is 2.27. The van der Waals surface area contributed by atoms with Gasteiger partial charge in [-0.2, -0.15) is 0 Å². The number of carbonyl (C=O) groups is 1. The van der Waals surface area contributed by atoms with E-state index in [4.69, 9.17) is 21.7 Å². The molecule has 2 aromatic rings. The Balaban J connectivity index is 1.95. The highest BCUT2D eigenvalue weighted by molar-refractivity contribution is 9.10. The van der Waals surface area contributed by atoms with Gasteiger partial charge in [-0.15, -0.1) is 0 Å². The molecule has 0 heterocycles. The van der Waals surface area contributed by atoms with E-state index in [2.05, 4.69) is 26.6 Å². The Morgan fingerprint density at radius 1 is 1.16 bits per heavy atom. The highest BCUT2D eigenvalue weighted by atomic mass is 79.9. The first-order valence-electron chi connectivity index (χ1n) is 7.61. The van der Waals surface area contributed by atoms with Gasteiger partial charge in [-0.25, -0.2) is 0 Å². The van der Waals surface area contributed by atoms with Crippen LogP contribution in [-0.2, 0) is 0 Å². The third kappa shape index (κ3) is 5.72. The number of hydrogen-bond donors (Lipinski definition) is 2. The summed E-state index contributed by atoms with van der Waals surface area (Å²) in [6.45, 7) is 3.89. The number of thiocarbonyl (C=S) groups is 1. The van der Waals surface area contributed by atoms with Gasteiger partial charge < -0.3 is 14.8 Å². The number of methoxy groups -OCH3 is 1. The number of rotatable bonds is 5. The lowest BCUT2D eigenvalue weighted by Crippen LogP contribution is -2.34. The standard InChI is InChI=1S/C18H19BrN2O3S/c1-11(2)24-14-7-4-12(5-8-14)17(22)21-18(25)20-13-6-9-16(23-3)15(19)10-13/h4-11H,1-3H3,(H2,20,21,22,25). The van der Waals surface area contributed by atoms with Crippen molar-refractivity contribution in [2.45, 2.75) is 20.0 Å². The second kappa shape index (κ2) is 8.82. The molecule has 7 heteroatoms. The zero-order valence-corrected chi connectivity index (χ0v) is 16.5. The van der Waals surface area contributed by atoms with Gasteiger partial charge in [0.2, 0.25) is 0 Å². The van der Waals surface area contributed by atoms with E-state index in [1.807, 2.05) is 19.9 Å². The summed E-state index contributed by atoms with van der Waals surface area (Å²) in [5.74, 6) is 1.14. The molecule has 5 nitrogen and oxygen atoms in total. The van der Waals surface area contributed by atoms with Crippen molar-refractivity contribution in [2.24, 2.45) is 0 Å². The van der Waals surface area contributed by atoms with Crippen LogP contribution in [0.2, 0.25) is 0 Å². The van der Waals surface area contributed by atoms with E-state index in [1.165, 1.54) is 0 Å². The predicted octanol–water partition coefficient (Wildman–Crippen LogP) is 4.37. The lowest BCUT2D eigenvalue weighted by Gasteiger charge is -2.12. The zero-order chi connectivity index (χ0) is 18.4. The molecule has 2 aromatic carbocycles. The second-order valence-corrected chi connectivity index (χ2v) is 6.71. The van der Waals surface area contributed by atoms with Crippen LogP contribution in [0.5, 0.6) is 11.5 Å². The average Bonchev–Trinajstić information content (AvgIpc) is 2.55. The number of halogens is 1. The summed E-state index contributed by atoms with van der Waals surface area (Å²) in [5, 5.41) is 5.82. The first-order chi connectivity index (χ1) is 11.9. The maximum absolute atomic E-state index is 12.2. The van der Waals surface area contributed by atoms with Crippen molar-refractivity contribution in [1.29, 1.82) is 0 Å². The van der Waals surface area contributed by atoms with Gasteiger partial charge in [0.15, 0.2) is 5.11 Å². The van der Waals surface area contributed by atoms with Crippen LogP contribution in [0.25, 0.3) is 0 Å². The molecule has 0 aliphatic rings. The smallest absolute Gasteiger partial charge is 0.257 e. The molecule has 0 aliphatic heterocycles. The van der Waals surface area contributed by atoms with Gasteiger partial charge in [-0.1, -0.05) is 0 Å². The predicted molar refractivity (Wildman–Crippen MR) is 107 cm³/mol. The van der Waals surface area contributed by atoms with Gasteiger partial charge in [-0.3, -0.25) is 10.1 Å². The molecular weight excluding hydrogens is 404 g/mol. The van der Waals surface area contributed by atoms with Crippen LogP contribution >= 0.6 is 28.1 Å². The summed E-state index contributed by atoms with van der Waals surface area (Å²) in [5.41, 5.74) is 1.23. The van der Waals surface area contributed by atoms with Crippen molar-refractivity contribution < 1.29 is 14.3 Å². The summed E-state index contributed by atoms with van der Waals surface area (Å²) in [7, 11) is 1.59. The lowest BCUT2D eigenvalue weighted by atomic mass is 10.2. The van der Waals surface area contributed by atoms with Crippen molar-refractivity contribution in [1.82, 2.24) is 5.32 Å².